The first kappa shape index (κ1) is 11.2. The van der Waals surface area contributed by atoms with E-state index in [1.54, 1.807) is 0 Å². The highest BCUT2D eigenvalue weighted by Crippen LogP contribution is 2.24. The van der Waals surface area contributed by atoms with Crippen molar-refractivity contribution in [2.45, 2.75) is 45.6 Å². The molecule has 0 saturated heterocycles. The molecule has 0 spiro atoms. The van der Waals surface area contributed by atoms with E-state index in [9.17, 15) is 0 Å². The molecule has 0 amide bonds. The van der Waals surface area contributed by atoms with Crippen LogP contribution in [0.2, 0.25) is 0 Å². The van der Waals surface area contributed by atoms with Gasteiger partial charge in [-0.3, -0.25) is 0 Å². The number of aromatic nitrogens is 2. The van der Waals surface area contributed by atoms with E-state index < -0.39 is 0 Å². The fraction of sp³-hybridized carbons (Fsp3) is 0.667. The largest absolute Gasteiger partial charge is 0.370 e. The Kier molecular flexibility index (Phi) is 3.59. The summed E-state index contributed by atoms with van der Waals surface area (Å²) in [5.41, 5.74) is 0. The van der Waals surface area contributed by atoms with Crippen molar-refractivity contribution in [2.24, 2.45) is 0 Å². The highest BCUT2D eigenvalue weighted by atomic mass is 15.1. The van der Waals surface area contributed by atoms with Crippen molar-refractivity contribution in [3.63, 3.8) is 0 Å². The summed E-state index contributed by atoms with van der Waals surface area (Å²) >= 11 is 0. The summed E-state index contributed by atoms with van der Waals surface area (Å²) in [6.45, 7) is 5.20. The molecule has 1 fully saturated rings. The average Bonchev–Trinajstić information content (AvgIpc) is 3.10. The second-order valence-electron chi connectivity index (χ2n) is 4.25. The Morgan fingerprint density at radius 3 is 2.62 bits per heavy atom. The molecule has 4 nitrogen and oxygen atoms in total. The smallest absolute Gasteiger partial charge is 0.132 e. The minimum atomic E-state index is 0.638. The lowest BCUT2D eigenvalue weighted by Gasteiger charge is -2.09. The molecule has 0 atom stereocenters. The summed E-state index contributed by atoms with van der Waals surface area (Å²) in [5.74, 6) is 2.81. The Labute approximate surface area is 96.9 Å². The highest BCUT2D eigenvalue weighted by Gasteiger charge is 2.21. The lowest BCUT2D eigenvalue weighted by Crippen LogP contribution is -2.09. The average molecular weight is 220 g/mol. The van der Waals surface area contributed by atoms with E-state index in [1.807, 2.05) is 6.07 Å². The maximum atomic E-state index is 4.48. The molecule has 16 heavy (non-hydrogen) atoms. The zero-order chi connectivity index (χ0) is 11.4. The number of hydrogen-bond donors (Lipinski definition) is 2. The fourth-order valence-corrected chi connectivity index (χ4v) is 1.51. The van der Waals surface area contributed by atoms with Crippen molar-refractivity contribution < 1.29 is 0 Å². The van der Waals surface area contributed by atoms with Gasteiger partial charge in [-0.1, -0.05) is 13.8 Å². The van der Waals surface area contributed by atoms with Gasteiger partial charge in [0.05, 0.1) is 0 Å². The number of hydrogen-bond acceptors (Lipinski definition) is 4. The monoisotopic (exact) mass is 220 g/mol. The van der Waals surface area contributed by atoms with Crippen LogP contribution in [0.5, 0.6) is 0 Å². The van der Waals surface area contributed by atoms with Crippen LogP contribution in [-0.2, 0) is 6.42 Å². The van der Waals surface area contributed by atoms with Crippen LogP contribution in [0.3, 0.4) is 0 Å². The molecule has 2 N–H and O–H groups in total. The Hall–Kier alpha value is -1.32. The maximum absolute atomic E-state index is 4.48. The summed E-state index contributed by atoms with van der Waals surface area (Å²) in [5, 5.41) is 6.73. The molecule has 1 heterocycles. The van der Waals surface area contributed by atoms with Crippen molar-refractivity contribution in [1.29, 1.82) is 0 Å². The van der Waals surface area contributed by atoms with Crippen LogP contribution in [0.4, 0.5) is 11.6 Å². The fourth-order valence-electron chi connectivity index (χ4n) is 1.51. The molecule has 2 rings (SSSR count). The number of rotatable bonds is 6. The molecule has 0 unspecified atom stereocenters. The van der Waals surface area contributed by atoms with Gasteiger partial charge in [-0.05, 0) is 19.3 Å². The molecule has 0 bridgehead atoms. The first-order valence-corrected chi connectivity index (χ1v) is 6.20. The van der Waals surface area contributed by atoms with Crippen molar-refractivity contribution in [2.75, 3.05) is 17.2 Å². The molecule has 0 aliphatic heterocycles. The zero-order valence-corrected chi connectivity index (χ0v) is 10.1. The van der Waals surface area contributed by atoms with Crippen molar-refractivity contribution in [1.82, 2.24) is 9.97 Å². The molecular formula is C12H20N4. The molecule has 0 aromatic carbocycles. The summed E-state index contributed by atoms with van der Waals surface area (Å²) in [6.07, 6.45) is 4.52. The number of nitrogens with one attached hydrogen (secondary N) is 2. The molecule has 1 aromatic rings. The van der Waals surface area contributed by atoms with Gasteiger partial charge in [0.2, 0.25) is 0 Å². The normalized spacial score (nSPS) is 14.9. The molecule has 1 aliphatic carbocycles. The number of nitrogens with zero attached hydrogens (tertiary/aromatic N) is 2. The lowest BCUT2D eigenvalue weighted by molar-refractivity contribution is 0.912. The van der Waals surface area contributed by atoms with Crippen LogP contribution in [0.15, 0.2) is 6.07 Å². The maximum Gasteiger partial charge on any atom is 0.132 e. The highest BCUT2D eigenvalue weighted by molar-refractivity contribution is 5.48. The van der Waals surface area contributed by atoms with Gasteiger partial charge in [0.25, 0.3) is 0 Å². The number of aryl methyl sites for hydroxylation is 1. The van der Waals surface area contributed by atoms with Gasteiger partial charge in [-0.2, -0.15) is 0 Å². The van der Waals surface area contributed by atoms with Gasteiger partial charge in [-0.25, -0.2) is 9.97 Å². The third-order valence-electron chi connectivity index (χ3n) is 2.57. The molecule has 0 radical (unpaired) electrons. The van der Waals surface area contributed by atoms with E-state index in [4.69, 9.17) is 0 Å². The molecule has 1 aromatic heterocycles. The van der Waals surface area contributed by atoms with Crippen LogP contribution >= 0.6 is 0 Å². The van der Waals surface area contributed by atoms with E-state index in [-0.39, 0.29) is 0 Å². The predicted octanol–water partition coefficient (Wildman–Crippen LogP) is 2.44. The molecule has 88 valence electrons. The quantitative estimate of drug-likeness (QED) is 0.773. The van der Waals surface area contributed by atoms with Gasteiger partial charge in [0, 0.05) is 25.1 Å². The molecule has 1 saturated carbocycles. The van der Waals surface area contributed by atoms with Crippen LogP contribution in [0.25, 0.3) is 0 Å². The van der Waals surface area contributed by atoms with Crippen LogP contribution in [0, 0.1) is 0 Å². The van der Waals surface area contributed by atoms with Gasteiger partial charge in [0.1, 0.15) is 17.5 Å². The first-order chi connectivity index (χ1) is 7.81. The Morgan fingerprint density at radius 2 is 2.00 bits per heavy atom. The van der Waals surface area contributed by atoms with E-state index in [2.05, 4.69) is 34.4 Å². The van der Waals surface area contributed by atoms with Crippen LogP contribution in [-0.4, -0.2) is 22.6 Å². The predicted molar refractivity (Wildman–Crippen MR) is 66.8 cm³/mol. The van der Waals surface area contributed by atoms with E-state index >= 15 is 0 Å². The zero-order valence-electron chi connectivity index (χ0n) is 10.1. The van der Waals surface area contributed by atoms with Crippen LogP contribution < -0.4 is 10.6 Å². The molecular weight excluding hydrogens is 200 g/mol. The SMILES string of the molecule is CCCNc1cc(NC2CC2)nc(CC)n1. The van der Waals surface area contributed by atoms with Crippen LogP contribution in [0.1, 0.15) is 38.9 Å². The summed E-state index contributed by atoms with van der Waals surface area (Å²) < 4.78 is 0. The Morgan fingerprint density at radius 1 is 1.25 bits per heavy atom. The van der Waals surface area contributed by atoms with E-state index in [0.29, 0.717) is 6.04 Å². The summed E-state index contributed by atoms with van der Waals surface area (Å²) in [6, 6.07) is 2.64. The van der Waals surface area contributed by atoms with Gasteiger partial charge >= 0.3 is 0 Å². The van der Waals surface area contributed by atoms with Gasteiger partial charge in [0.15, 0.2) is 0 Å². The molecule has 1 aliphatic rings. The first-order valence-electron chi connectivity index (χ1n) is 6.20. The summed E-state index contributed by atoms with van der Waals surface area (Å²) in [4.78, 5) is 8.93. The van der Waals surface area contributed by atoms with Crippen molar-refractivity contribution in [3.05, 3.63) is 11.9 Å². The minimum absolute atomic E-state index is 0.638. The Bertz CT molecular complexity index is 347. The van der Waals surface area contributed by atoms with Gasteiger partial charge in [-0.15, -0.1) is 0 Å². The minimum Gasteiger partial charge on any atom is -0.370 e. The lowest BCUT2D eigenvalue weighted by atomic mass is 10.4. The standard InChI is InChI=1S/C12H20N4/c1-3-7-13-11-8-12(14-9-5-6-9)16-10(4-2)15-11/h8-9H,3-7H2,1-2H3,(H2,13,14,15,16). The second kappa shape index (κ2) is 5.14. The van der Waals surface area contributed by atoms with Crippen molar-refractivity contribution >= 4 is 11.6 Å². The third kappa shape index (κ3) is 3.08. The van der Waals surface area contributed by atoms with E-state index in [1.165, 1.54) is 12.8 Å². The Balaban J connectivity index is 2.09. The topological polar surface area (TPSA) is 49.8 Å². The van der Waals surface area contributed by atoms with Crippen molar-refractivity contribution in [3.8, 4) is 0 Å². The second-order valence-corrected chi connectivity index (χ2v) is 4.25. The van der Waals surface area contributed by atoms with E-state index in [0.717, 1.165) is 36.8 Å². The van der Waals surface area contributed by atoms with Gasteiger partial charge < -0.3 is 10.6 Å². The number of anilines is 2. The third-order valence-corrected chi connectivity index (χ3v) is 2.57. The summed E-state index contributed by atoms with van der Waals surface area (Å²) in [7, 11) is 0. The molecule has 4 heteroatoms.